The van der Waals surface area contributed by atoms with E-state index >= 15 is 0 Å². The van der Waals surface area contributed by atoms with E-state index in [0.717, 1.165) is 11.6 Å². The second-order valence-electron chi connectivity index (χ2n) is 6.88. The highest BCUT2D eigenvalue weighted by molar-refractivity contribution is 5.96. The van der Waals surface area contributed by atoms with Crippen molar-refractivity contribution in [3.05, 3.63) is 65.7 Å². The summed E-state index contributed by atoms with van der Waals surface area (Å²) in [5.41, 5.74) is 5.53. The SMILES string of the molecule is CC(c1ccccc1)N1CC(C(=O)NNC(=O)c2cccc(OC(F)F)c2)CC1=O. The van der Waals surface area contributed by atoms with Crippen LogP contribution >= 0.6 is 0 Å². The Hall–Kier alpha value is -3.49. The summed E-state index contributed by atoms with van der Waals surface area (Å²) in [6.07, 6.45) is 0.0383. The summed E-state index contributed by atoms with van der Waals surface area (Å²) in [5, 5.41) is 0. The standard InChI is InChI=1S/C21H21F2N3O4/c1-13(14-6-3-2-4-7-14)26-12-16(11-18(26)27)20(29)25-24-19(28)15-8-5-9-17(10-15)30-21(22)23/h2-10,13,16,21H,11-12H2,1H3,(H,24,28)(H,25,29). The van der Waals surface area contributed by atoms with E-state index in [1.54, 1.807) is 4.90 Å². The zero-order chi connectivity index (χ0) is 21.7. The van der Waals surface area contributed by atoms with Crippen molar-refractivity contribution in [3.8, 4) is 5.75 Å². The van der Waals surface area contributed by atoms with Gasteiger partial charge in [-0.15, -0.1) is 0 Å². The van der Waals surface area contributed by atoms with Crippen LogP contribution < -0.4 is 15.6 Å². The number of likely N-dealkylation sites (tertiary alicyclic amines) is 1. The van der Waals surface area contributed by atoms with Gasteiger partial charge in [0.25, 0.3) is 5.91 Å². The average molecular weight is 417 g/mol. The molecular weight excluding hydrogens is 396 g/mol. The van der Waals surface area contributed by atoms with Crippen LogP contribution in [0.4, 0.5) is 8.78 Å². The summed E-state index contributed by atoms with van der Waals surface area (Å²) < 4.78 is 28.8. The molecule has 7 nitrogen and oxygen atoms in total. The monoisotopic (exact) mass is 417 g/mol. The molecule has 2 atom stereocenters. The highest BCUT2D eigenvalue weighted by atomic mass is 19.3. The van der Waals surface area contributed by atoms with Crippen molar-refractivity contribution in [2.75, 3.05) is 6.54 Å². The molecule has 0 bridgehead atoms. The number of hydrogen-bond donors (Lipinski definition) is 2. The predicted octanol–water partition coefficient (Wildman–Crippen LogP) is 2.66. The van der Waals surface area contributed by atoms with Gasteiger partial charge in [0.15, 0.2) is 0 Å². The van der Waals surface area contributed by atoms with Gasteiger partial charge < -0.3 is 9.64 Å². The van der Waals surface area contributed by atoms with Crippen LogP contribution in [-0.2, 0) is 9.59 Å². The zero-order valence-corrected chi connectivity index (χ0v) is 16.2. The maximum absolute atomic E-state index is 12.4. The highest BCUT2D eigenvalue weighted by Gasteiger charge is 2.37. The van der Waals surface area contributed by atoms with Gasteiger partial charge in [-0.2, -0.15) is 8.78 Å². The molecule has 0 radical (unpaired) electrons. The number of alkyl halides is 2. The van der Waals surface area contributed by atoms with Crippen LogP contribution in [0.25, 0.3) is 0 Å². The Bertz CT molecular complexity index is 923. The fourth-order valence-corrected chi connectivity index (χ4v) is 3.30. The number of halogens is 2. The quantitative estimate of drug-likeness (QED) is 0.708. The number of carbonyl (C=O) groups excluding carboxylic acids is 3. The number of hydrazine groups is 1. The van der Waals surface area contributed by atoms with Crippen molar-refractivity contribution >= 4 is 17.7 Å². The molecule has 1 saturated heterocycles. The smallest absolute Gasteiger partial charge is 0.387 e. The lowest BCUT2D eigenvalue weighted by molar-refractivity contribution is -0.130. The van der Waals surface area contributed by atoms with Crippen molar-refractivity contribution in [1.29, 1.82) is 0 Å². The van der Waals surface area contributed by atoms with E-state index in [1.807, 2.05) is 37.3 Å². The van der Waals surface area contributed by atoms with Gasteiger partial charge >= 0.3 is 6.61 Å². The second-order valence-corrected chi connectivity index (χ2v) is 6.88. The van der Waals surface area contributed by atoms with Crippen LogP contribution in [0.3, 0.4) is 0 Å². The van der Waals surface area contributed by atoms with Crippen molar-refractivity contribution < 1.29 is 27.9 Å². The minimum atomic E-state index is -3.01. The van der Waals surface area contributed by atoms with Crippen LogP contribution in [-0.4, -0.2) is 35.8 Å². The Labute approximate surface area is 172 Å². The van der Waals surface area contributed by atoms with Crippen molar-refractivity contribution in [2.24, 2.45) is 5.92 Å². The molecule has 9 heteroatoms. The maximum atomic E-state index is 12.4. The van der Waals surface area contributed by atoms with Crippen LogP contribution in [0, 0.1) is 5.92 Å². The van der Waals surface area contributed by atoms with Crippen LogP contribution in [0.2, 0.25) is 0 Å². The highest BCUT2D eigenvalue weighted by Crippen LogP contribution is 2.28. The summed E-state index contributed by atoms with van der Waals surface area (Å²) >= 11 is 0. The third kappa shape index (κ3) is 5.11. The molecule has 0 spiro atoms. The number of benzene rings is 2. The summed E-state index contributed by atoms with van der Waals surface area (Å²) in [5.74, 6) is -2.12. The predicted molar refractivity (Wildman–Crippen MR) is 103 cm³/mol. The van der Waals surface area contributed by atoms with Crippen molar-refractivity contribution in [2.45, 2.75) is 26.0 Å². The van der Waals surface area contributed by atoms with E-state index in [1.165, 1.54) is 18.2 Å². The van der Waals surface area contributed by atoms with Gasteiger partial charge in [0.05, 0.1) is 12.0 Å². The first-order valence-corrected chi connectivity index (χ1v) is 9.34. The Kier molecular flexibility index (Phi) is 6.61. The van der Waals surface area contributed by atoms with Gasteiger partial charge in [-0.1, -0.05) is 36.4 Å². The first-order valence-electron chi connectivity index (χ1n) is 9.34. The third-order valence-corrected chi connectivity index (χ3v) is 4.90. The summed E-state index contributed by atoms with van der Waals surface area (Å²) in [7, 11) is 0. The molecule has 2 N–H and O–H groups in total. The number of carbonyl (C=O) groups is 3. The van der Waals surface area contributed by atoms with E-state index in [0.29, 0.717) is 0 Å². The van der Waals surface area contributed by atoms with Gasteiger partial charge in [-0.3, -0.25) is 25.2 Å². The molecule has 0 saturated carbocycles. The Balaban J connectivity index is 1.55. The van der Waals surface area contributed by atoms with Crippen LogP contribution in [0.15, 0.2) is 54.6 Å². The van der Waals surface area contributed by atoms with Crippen molar-refractivity contribution in [3.63, 3.8) is 0 Å². The molecule has 0 aromatic heterocycles. The molecule has 2 aromatic carbocycles. The Morgan fingerprint density at radius 1 is 1.10 bits per heavy atom. The fourth-order valence-electron chi connectivity index (χ4n) is 3.30. The van der Waals surface area contributed by atoms with Crippen LogP contribution in [0.1, 0.15) is 35.3 Å². The molecule has 2 unspecified atom stereocenters. The first-order chi connectivity index (χ1) is 14.3. The minimum absolute atomic E-state index is 0.0373. The molecule has 1 aliphatic rings. The number of nitrogens with zero attached hydrogens (tertiary/aromatic N) is 1. The number of nitrogens with one attached hydrogen (secondary N) is 2. The average Bonchev–Trinajstić information content (AvgIpc) is 3.13. The van der Waals surface area contributed by atoms with E-state index in [2.05, 4.69) is 15.6 Å². The second kappa shape index (κ2) is 9.34. The molecule has 0 aliphatic carbocycles. The minimum Gasteiger partial charge on any atom is -0.435 e. The number of rotatable bonds is 6. The number of amides is 3. The maximum Gasteiger partial charge on any atom is 0.387 e. The molecule has 3 amide bonds. The first kappa shape index (κ1) is 21.2. The fraction of sp³-hybridized carbons (Fsp3) is 0.286. The number of hydrogen-bond acceptors (Lipinski definition) is 4. The molecule has 1 fully saturated rings. The molecule has 3 rings (SSSR count). The molecular formula is C21H21F2N3O4. The van der Waals surface area contributed by atoms with Gasteiger partial charge in [0.2, 0.25) is 11.8 Å². The van der Waals surface area contributed by atoms with Gasteiger partial charge in [-0.05, 0) is 30.7 Å². The molecule has 1 aliphatic heterocycles. The van der Waals surface area contributed by atoms with E-state index in [-0.39, 0.29) is 36.2 Å². The normalized spacial score (nSPS) is 17.0. The van der Waals surface area contributed by atoms with Gasteiger partial charge in [0, 0.05) is 18.5 Å². The lowest BCUT2D eigenvalue weighted by Crippen LogP contribution is -2.45. The van der Waals surface area contributed by atoms with E-state index in [4.69, 9.17) is 0 Å². The van der Waals surface area contributed by atoms with E-state index in [9.17, 15) is 23.2 Å². The number of ether oxygens (including phenoxy) is 1. The molecule has 158 valence electrons. The summed E-state index contributed by atoms with van der Waals surface area (Å²) in [6.45, 7) is -0.887. The summed E-state index contributed by atoms with van der Waals surface area (Å²) in [6, 6.07) is 14.5. The Morgan fingerprint density at radius 2 is 1.83 bits per heavy atom. The Morgan fingerprint density at radius 3 is 2.53 bits per heavy atom. The zero-order valence-electron chi connectivity index (χ0n) is 16.2. The third-order valence-electron chi connectivity index (χ3n) is 4.90. The van der Waals surface area contributed by atoms with Crippen molar-refractivity contribution in [1.82, 2.24) is 15.8 Å². The summed E-state index contributed by atoms with van der Waals surface area (Å²) in [4.78, 5) is 38.6. The topological polar surface area (TPSA) is 87.7 Å². The lowest BCUT2D eigenvalue weighted by atomic mass is 10.1. The molecule has 1 heterocycles. The molecule has 30 heavy (non-hydrogen) atoms. The lowest BCUT2D eigenvalue weighted by Gasteiger charge is -2.25. The largest absolute Gasteiger partial charge is 0.435 e. The molecule has 2 aromatic rings. The van der Waals surface area contributed by atoms with Gasteiger partial charge in [0.1, 0.15) is 5.75 Å². The van der Waals surface area contributed by atoms with E-state index < -0.39 is 24.3 Å². The van der Waals surface area contributed by atoms with Crippen LogP contribution in [0.5, 0.6) is 5.75 Å². The van der Waals surface area contributed by atoms with Gasteiger partial charge in [-0.25, -0.2) is 0 Å².